The summed E-state index contributed by atoms with van der Waals surface area (Å²) in [4.78, 5) is 13.8. The van der Waals surface area contributed by atoms with Crippen molar-refractivity contribution in [2.45, 2.75) is 71.3 Å². The second kappa shape index (κ2) is 9.37. The number of nitrogens with zero attached hydrogens (tertiary/aromatic N) is 1. The van der Waals surface area contributed by atoms with E-state index in [0.717, 1.165) is 19.6 Å². The number of hydrogen-bond donors (Lipinski definition) is 1. The third-order valence-corrected chi connectivity index (χ3v) is 3.99. The highest BCUT2D eigenvalue weighted by Crippen LogP contribution is 2.16. The third-order valence-electron chi connectivity index (χ3n) is 3.99. The van der Waals surface area contributed by atoms with Gasteiger partial charge in [-0.25, -0.2) is 0 Å². The molecule has 0 radical (unpaired) electrons. The van der Waals surface area contributed by atoms with Gasteiger partial charge in [0.1, 0.15) is 0 Å². The van der Waals surface area contributed by atoms with E-state index in [1.54, 1.807) is 0 Å². The molecule has 18 heavy (non-hydrogen) atoms. The minimum absolute atomic E-state index is 0.290. The normalized spacial score (nSPS) is 18.1. The van der Waals surface area contributed by atoms with Gasteiger partial charge in [-0.3, -0.25) is 4.79 Å². The second-order valence-corrected chi connectivity index (χ2v) is 5.31. The van der Waals surface area contributed by atoms with Crippen LogP contribution in [0.1, 0.15) is 65.2 Å². The van der Waals surface area contributed by atoms with Crippen molar-refractivity contribution in [1.82, 2.24) is 10.2 Å². The Morgan fingerprint density at radius 1 is 1.06 bits per heavy atom. The van der Waals surface area contributed by atoms with Crippen molar-refractivity contribution in [3.63, 3.8) is 0 Å². The van der Waals surface area contributed by atoms with Gasteiger partial charge < -0.3 is 10.2 Å². The summed E-state index contributed by atoms with van der Waals surface area (Å²) in [5.74, 6) is 0.290. The molecular formula is C15H30N2O. The molecule has 1 aliphatic carbocycles. The fourth-order valence-electron chi connectivity index (χ4n) is 2.78. The van der Waals surface area contributed by atoms with Crippen molar-refractivity contribution in [2.24, 2.45) is 0 Å². The molecule has 0 aromatic heterocycles. The maximum absolute atomic E-state index is 11.9. The molecule has 3 nitrogen and oxygen atoms in total. The topological polar surface area (TPSA) is 32.3 Å². The van der Waals surface area contributed by atoms with Crippen molar-refractivity contribution in [3.8, 4) is 0 Å². The first-order chi connectivity index (χ1) is 8.77. The monoisotopic (exact) mass is 254 g/mol. The summed E-state index contributed by atoms with van der Waals surface area (Å²) < 4.78 is 0. The predicted octanol–water partition coefficient (Wildman–Crippen LogP) is 2.95. The molecule has 1 N–H and O–H groups in total. The first kappa shape index (κ1) is 15.5. The van der Waals surface area contributed by atoms with Gasteiger partial charge in [-0.05, 0) is 26.7 Å². The van der Waals surface area contributed by atoms with E-state index in [-0.39, 0.29) is 0 Å². The van der Waals surface area contributed by atoms with Crippen LogP contribution in [0.2, 0.25) is 0 Å². The number of carbonyl (C=O) groups excluding carboxylic acids is 1. The molecule has 0 heterocycles. The molecule has 0 aromatic rings. The molecule has 1 aliphatic rings. The zero-order valence-electron chi connectivity index (χ0n) is 12.2. The molecule has 0 aromatic carbocycles. The third kappa shape index (κ3) is 5.85. The fraction of sp³-hybridized carbons (Fsp3) is 0.933. The largest absolute Gasteiger partial charge is 0.343 e. The van der Waals surface area contributed by atoms with Crippen LogP contribution < -0.4 is 5.32 Å². The van der Waals surface area contributed by atoms with Gasteiger partial charge >= 0.3 is 0 Å². The number of amides is 1. The minimum Gasteiger partial charge on any atom is -0.343 e. The summed E-state index contributed by atoms with van der Waals surface area (Å²) in [6.45, 7) is 6.60. The Balaban J connectivity index is 2.17. The highest BCUT2D eigenvalue weighted by atomic mass is 16.2. The second-order valence-electron chi connectivity index (χ2n) is 5.31. The van der Waals surface area contributed by atoms with E-state index < -0.39 is 0 Å². The molecule has 0 unspecified atom stereocenters. The summed E-state index contributed by atoms with van der Waals surface area (Å²) in [6, 6.07) is 0.648. The molecule has 3 heteroatoms. The molecule has 0 saturated heterocycles. The molecule has 1 rings (SSSR count). The van der Waals surface area contributed by atoms with Crippen LogP contribution in [0.25, 0.3) is 0 Å². The molecule has 1 amide bonds. The Bertz CT molecular complexity index is 219. The first-order valence-corrected chi connectivity index (χ1v) is 7.79. The lowest BCUT2D eigenvalue weighted by molar-refractivity contribution is -0.130. The minimum atomic E-state index is 0.290. The number of carbonyl (C=O) groups is 1. The lowest BCUT2D eigenvalue weighted by Crippen LogP contribution is -2.36. The molecule has 0 spiro atoms. The van der Waals surface area contributed by atoms with Gasteiger partial charge in [0.2, 0.25) is 5.91 Å². The van der Waals surface area contributed by atoms with Gasteiger partial charge in [0.15, 0.2) is 0 Å². The van der Waals surface area contributed by atoms with Gasteiger partial charge in [-0.1, -0.05) is 32.1 Å². The number of nitrogens with one attached hydrogen (secondary N) is 1. The van der Waals surface area contributed by atoms with Gasteiger partial charge in [0.05, 0.1) is 0 Å². The Labute approximate surface area is 112 Å². The van der Waals surface area contributed by atoms with E-state index in [1.165, 1.54) is 44.9 Å². The standard InChI is InChI=1S/C15H30N2O/c1-3-17(4-2)15(18)12-13-16-14-10-8-6-5-7-9-11-14/h14,16H,3-13H2,1-2H3. The van der Waals surface area contributed by atoms with Gasteiger partial charge in [0, 0.05) is 32.1 Å². The van der Waals surface area contributed by atoms with Crippen LogP contribution in [-0.4, -0.2) is 36.5 Å². The molecule has 0 bridgehead atoms. The highest BCUT2D eigenvalue weighted by Gasteiger charge is 2.12. The van der Waals surface area contributed by atoms with Crippen molar-refractivity contribution >= 4 is 5.91 Å². The maximum Gasteiger partial charge on any atom is 0.223 e. The summed E-state index contributed by atoms with van der Waals surface area (Å²) in [6.07, 6.45) is 10.1. The SMILES string of the molecule is CCN(CC)C(=O)CCNC1CCCCCCC1. The molecule has 0 aliphatic heterocycles. The predicted molar refractivity (Wildman–Crippen MR) is 76.7 cm³/mol. The van der Waals surface area contributed by atoms with E-state index in [2.05, 4.69) is 5.32 Å². The Morgan fingerprint density at radius 2 is 1.61 bits per heavy atom. The van der Waals surface area contributed by atoms with Crippen molar-refractivity contribution in [2.75, 3.05) is 19.6 Å². The van der Waals surface area contributed by atoms with Gasteiger partial charge in [-0.15, -0.1) is 0 Å². The lowest BCUT2D eigenvalue weighted by atomic mass is 9.97. The van der Waals surface area contributed by atoms with E-state index in [4.69, 9.17) is 0 Å². The summed E-state index contributed by atoms with van der Waals surface area (Å²) in [5, 5.41) is 3.58. The quantitative estimate of drug-likeness (QED) is 0.790. The van der Waals surface area contributed by atoms with E-state index >= 15 is 0 Å². The average Bonchev–Trinajstić information content (AvgIpc) is 2.33. The van der Waals surface area contributed by atoms with Crippen LogP contribution in [-0.2, 0) is 4.79 Å². The zero-order valence-corrected chi connectivity index (χ0v) is 12.2. The Kier molecular flexibility index (Phi) is 8.06. The van der Waals surface area contributed by atoms with Crippen molar-refractivity contribution < 1.29 is 4.79 Å². The van der Waals surface area contributed by atoms with Crippen LogP contribution in [0.3, 0.4) is 0 Å². The van der Waals surface area contributed by atoms with Gasteiger partial charge in [0.25, 0.3) is 0 Å². The molecule has 1 saturated carbocycles. The maximum atomic E-state index is 11.9. The van der Waals surface area contributed by atoms with Crippen LogP contribution in [0.4, 0.5) is 0 Å². The first-order valence-electron chi connectivity index (χ1n) is 7.79. The number of hydrogen-bond acceptors (Lipinski definition) is 2. The van der Waals surface area contributed by atoms with Crippen LogP contribution in [0.15, 0.2) is 0 Å². The number of rotatable bonds is 6. The van der Waals surface area contributed by atoms with Crippen LogP contribution in [0.5, 0.6) is 0 Å². The van der Waals surface area contributed by atoms with Crippen LogP contribution >= 0.6 is 0 Å². The van der Waals surface area contributed by atoms with Gasteiger partial charge in [-0.2, -0.15) is 0 Å². The van der Waals surface area contributed by atoms with Crippen LogP contribution in [0, 0.1) is 0 Å². The van der Waals surface area contributed by atoms with E-state index in [9.17, 15) is 4.79 Å². The Morgan fingerprint density at radius 3 is 2.17 bits per heavy atom. The Hall–Kier alpha value is -0.570. The molecule has 0 atom stereocenters. The summed E-state index contributed by atoms with van der Waals surface area (Å²) >= 11 is 0. The summed E-state index contributed by atoms with van der Waals surface area (Å²) in [7, 11) is 0. The smallest absolute Gasteiger partial charge is 0.223 e. The molecule has 1 fully saturated rings. The van der Waals surface area contributed by atoms with Crippen molar-refractivity contribution in [3.05, 3.63) is 0 Å². The van der Waals surface area contributed by atoms with E-state index in [0.29, 0.717) is 18.4 Å². The fourth-order valence-corrected chi connectivity index (χ4v) is 2.78. The van der Waals surface area contributed by atoms with E-state index in [1.807, 2.05) is 18.7 Å². The zero-order chi connectivity index (χ0) is 13.2. The van der Waals surface area contributed by atoms with Crippen molar-refractivity contribution in [1.29, 1.82) is 0 Å². The average molecular weight is 254 g/mol. The molecular weight excluding hydrogens is 224 g/mol. The highest BCUT2D eigenvalue weighted by molar-refractivity contribution is 5.76. The molecule has 106 valence electrons. The lowest BCUT2D eigenvalue weighted by Gasteiger charge is -2.22. The summed E-state index contributed by atoms with van der Waals surface area (Å²) in [5.41, 5.74) is 0.